The molecule has 0 aliphatic heterocycles. The number of aromatic nitrogens is 1. The van der Waals surface area contributed by atoms with Crippen LogP contribution in [0.1, 0.15) is 5.56 Å². The first kappa shape index (κ1) is 17.5. The third-order valence-electron chi connectivity index (χ3n) is 3.86. The monoisotopic (exact) mass is 348 g/mol. The Hall–Kier alpha value is -3.34. The van der Waals surface area contributed by atoms with Gasteiger partial charge in [-0.05, 0) is 42.0 Å². The highest BCUT2D eigenvalue weighted by molar-refractivity contribution is 5.88. The lowest BCUT2D eigenvalue weighted by atomic mass is 10.1. The topological polar surface area (TPSA) is 51.7 Å². The first-order valence-electron chi connectivity index (χ1n) is 8.35. The van der Waals surface area contributed by atoms with Gasteiger partial charge in [0.2, 0.25) is 0 Å². The van der Waals surface area contributed by atoms with E-state index in [1.165, 1.54) is 4.90 Å². The molecule has 0 saturated heterocycles. The molecule has 0 spiro atoms. The largest absolute Gasteiger partial charge is 0.493 e. The quantitative estimate of drug-likeness (QED) is 0.665. The fraction of sp³-hybridized carbons (Fsp3) is 0.143. The van der Waals surface area contributed by atoms with Gasteiger partial charge in [0.1, 0.15) is 11.5 Å². The molecule has 3 rings (SSSR count). The van der Waals surface area contributed by atoms with Gasteiger partial charge in [-0.15, -0.1) is 0 Å². The zero-order chi connectivity index (χ0) is 18.2. The van der Waals surface area contributed by atoms with E-state index in [0.717, 1.165) is 23.4 Å². The lowest BCUT2D eigenvalue weighted by Crippen LogP contribution is -2.29. The van der Waals surface area contributed by atoms with Crippen molar-refractivity contribution < 1.29 is 14.3 Å². The summed E-state index contributed by atoms with van der Waals surface area (Å²) in [7, 11) is 1.68. The van der Waals surface area contributed by atoms with E-state index in [1.54, 1.807) is 31.6 Å². The Bertz CT molecular complexity index is 821. The van der Waals surface area contributed by atoms with Gasteiger partial charge >= 0.3 is 6.09 Å². The molecule has 3 aromatic rings. The third-order valence-corrected chi connectivity index (χ3v) is 3.86. The molecular formula is C21H20N2O3. The van der Waals surface area contributed by atoms with Crippen LogP contribution in [-0.4, -0.2) is 24.7 Å². The van der Waals surface area contributed by atoms with Crippen molar-refractivity contribution in [2.24, 2.45) is 0 Å². The summed E-state index contributed by atoms with van der Waals surface area (Å²) in [5, 5.41) is 0. The van der Waals surface area contributed by atoms with Gasteiger partial charge in [-0.2, -0.15) is 0 Å². The minimum Gasteiger partial charge on any atom is -0.493 e. The zero-order valence-electron chi connectivity index (χ0n) is 14.5. The van der Waals surface area contributed by atoms with Crippen molar-refractivity contribution in [3.8, 4) is 11.5 Å². The number of nitrogens with zero attached hydrogens (tertiary/aromatic N) is 2. The van der Waals surface area contributed by atoms with E-state index in [2.05, 4.69) is 4.98 Å². The van der Waals surface area contributed by atoms with Crippen LogP contribution in [0, 0.1) is 0 Å². The van der Waals surface area contributed by atoms with E-state index in [0.29, 0.717) is 12.4 Å². The molecule has 5 nitrogen and oxygen atoms in total. The fourth-order valence-electron chi connectivity index (χ4n) is 2.37. The normalized spacial score (nSPS) is 10.2. The molecule has 26 heavy (non-hydrogen) atoms. The summed E-state index contributed by atoms with van der Waals surface area (Å²) in [5.74, 6) is 1.31. The number of hydrogen-bond acceptors (Lipinski definition) is 4. The molecule has 1 heterocycles. The average Bonchev–Trinajstić information content (AvgIpc) is 2.70. The molecule has 0 fully saturated rings. The number of pyridine rings is 1. The van der Waals surface area contributed by atoms with Crippen molar-refractivity contribution in [2.45, 2.75) is 6.42 Å². The molecule has 0 saturated carbocycles. The Kier molecular flexibility index (Phi) is 5.83. The standard InChI is InChI=1S/C21H20N2O3/c1-23(18-5-3-2-4-6-18)21(24)26-20-9-7-17(8-10-20)13-16-25-19-11-14-22-15-12-19/h2-12,14-15H,13,16H2,1H3. The molecule has 0 radical (unpaired) electrons. The van der Waals surface area contributed by atoms with Gasteiger partial charge in [-0.3, -0.25) is 9.88 Å². The second-order valence-corrected chi connectivity index (χ2v) is 5.69. The number of carbonyl (C=O) groups is 1. The fourth-order valence-corrected chi connectivity index (χ4v) is 2.37. The molecule has 5 heteroatoms. The summed E-state index contributed by atoms with van der Waals surface area (Å²) in [6, 6.07) is 20.5. The number of carbonyl (C=O) groups excluding carboxylic acids is 1. The van der Waals surface area contributed by atoms with Crippen molar-refractivity contribution in [3.63, 3.8) is 0 Å². The summed E-state index contributed by atoms with van der Waals surface area (Å²) < 4.78 is 11.1. The first-order chi connectivity index (χ1) is 12.7. The molecule has 132 valence electrons. The molecular weight excluding hydrogens is 328 g/mol. The highest BCUT2D eigenvalue weighted by atomic mass is 16.6. The Morgan fingerprint density at radius 3 is 2.31 bits per heavy atom. The SMILES string of the molecule is CN(C(=O)Oc1ccc(CCOc2ccncc2)cc1)c1ccccc1. The summed E-state index contributed by atoms with van der Waals surface area (Å²) in [6.45, 7) is 0.569. The van der Waals surface area contributed by atoms with Crippen LogP contribution in [0.4, 0.5) is 10.5 Å². The van der Waals surface area contributed by atoms with Crippen molar-refractivity contribution >= 4 is 11.8 Å². The molecule has 1 aromatic heterocycles. The highest BCUT2D eigenvalue weighted by Crippen LogP contribution is 2.17. The molecule has 0 aliphatic carbocycles. The van der Waals surface area contributed by atoms with E-state index in [9.17, 15) is 4.79 Å². The minimum atomic E-state index is -0.426. The van der Waals surface area contributed by atoms with Crippen LogP contribution < -0.4 is 14.4 Å². The lowest BCUT2D eigenvalue weighted by Gasteiger charge is -2.16. The summed E-state index contributed by atoms with van der Waals surface area (Å²) >= 11 is 0. The second kappa shape index (κ2) is 8.67. The van der Waals surface area contributed by atoms with Gasteiger partial charge in [0.25, 0.3) is 0 Å². The van der Waals surface area contributed by atoms with Gasteiger partial charge in [0.05, 0.1) is 6.61 Å². The first-order valence-corrected chi connectivity index (χ1v) is 8.35. The number of ether oxygens (including phenoxy) is 2. The second-order valence-electron chi connectivity index (χ2n) is 5.69. The number of benzene rings is 2. The summed E-state index contributed by atoms with van der Waals surface area (Å²) in [4.78, 5) is 17.6. The van der Waals surface area contributed by atoms with Crippen LogP contribution >= 0.6 is 0 Å². The van der Waals surface area contributed by atoms with Crippen LogP contribution in [0.5, 0.6) is 11.5 Å². The van der Waals surface area contributed by atoms with Gasteiger partial charge in [-0.1, -0.05) is 30.3 Å². The Morgan fingerprint density at radius 1 is 0.923 bits per heavy atom. The predicted octanol–water partition coefficient (Wildman–Crippen LogP) is 4.34. The zero-order valence-corrected chi connectivity index (χ0v) is 14.5. The average molecular weight is 348 g/mol. The third kappa shape index (κ3) is 4.83. The maximum Gasteiger partial charge on any atom is 0.419 e. The Balaban J connectivity index is 1.50. The maximum atomic E-state index is 12.2. The summed E-state index contributed by atoms with van der Waals surface area (Å²) in [5.41, 5.74) is 1.89. The smallest absolute Gasteiger partial charge is 0.419 e. The van der Waals surface area contributed by atoms with E-state index in [4.69, 9.17) is 9.47 Å². The lowest BCUT2D eigenvalue weighted by molar-refractivity contribution is 0.209. The number of para-hydroxylation sites is 1. The Morgan fingerprint density at radius 2 is 1.62 bits per heavy atom. The number of anilines is 1. The molecule has 2 aromatic carbocycles. The molecule has 1 amide bonds. The molecule has 0 atom stereocenters. The van der Waals surface area contributed by atoms with Crippen molar-refractivity contribution in [1.82, 2.24) is 4.98 Å². The van der Waals surface area contributed by atoms with Crippen LogP contribution in [0.25, 0.3) is 0 Å². The van der Waals surface area contributed by atoms with Crippen LogP contribution in [0.2, 0.25) is 0 Å². The van der Waals surface area contributed by atoms with Crippen molar-refractivity contribution in [2.75, 3.05) is 18.6 Å². The summed E-state index contributed by atoms with van der Waals surface area (Å²) in [6.07, 6.45) is 3.74. The molecule has 0 N–H and O–H groups in total. The number of rotatable bonds is 6. The van der Waals surface area contributed by atoms with Gasteiger partial charge < -0.3 is 9.47 Å². The van der Waals surface area contributed by atoms with E-state index >= 15 is 0 Å². The van der Waals surface area contributed by atoms with Gasteiger partial charge in [0, 0.05) is 31.5 Å². The van der Waals surface area contributed by atoms with Crippen molar-refractivity contribution in [3.05, 3.63) is 84.7 Å². The minimum absolute atomic E-state index is 0.426. The van der Waals surface area contributed by atoms with Crippen LogP contribution in [0.3, 0.4) is 0 Å². The highest BCUT2D eigenvalue weighted by Gasteiger charge is 2.12. The Labute approximate surface area is 152 Å². The molecule has 0 bridgehead atoms. The number of amides is 1. The van der Waals surface area contributed by atoms with E-state index in [-0.39, 0.29) is 0 Å². The van der Waals surface area contributed by atoms with Gasteiger partial charge in [0.15, 0.2) is 0 Å². The number of hydrogen-bond donors (Lipinski definition) is 0. The van der Waals surface area contributed by atoms with Gasteiger partial charge in [-0.25, -0.2) is 4.79 Å². The van der Waals surface area contributed by atoms with E-state index in [1.807, 2.05) is 54.6 Å². The predicted molar refractivity (Wildman–Crippen MR) is 101 cm³/mol. The van der Waals surface area contributed by atoms with Crippen LogP contribution in [-0.2, 0) is 6.42 Å². The van der Waals surface area contributed by atoms with Crippen LogP contribution in [0.15, 0.2) is 79.1 Å². The van der Waals surface area contributed by atoms with E-state index < -0.39 is 6.09 Å². The maximum absolute atomic E-state index is 12.2. The molecule has 0 unspecified atom stereocenters. The molecule has 0 aliphatic rings. The van der Waals surface area contributed by atoms with Crippen molar-refractivity contribution in [1.29, 1.82) is 0 Å².